The average molecular weight is 846 g/mol. The van der Waals surface area contributed by atoms with E-state index < -0.39 is 74.3 Å². The van der Waals surface area contributed by atoms with Gasteiger partial charge in [-0.3, -0.25) is 19.1 Å². The number of allylic oxidation sites excluding steroid dienone is 1. The molecule has 4 heterocycles. The lowest BCUT2D eigenvalue weighted by molar-refractivity contribution is -0.141. The van der Waals surface area contributed by atoms with E-state index in [4.69, 9.17) is 28.7 Å². The Labute approximate surface area is 348 Å². The zero-order chi connectivity index (χ0) is 42.4. The highest BCUT2D eigenvalue weighted by atomic mass is 32.2. The van der Waals surface area contributed by atoms with Gasteiger partial charge in [0.05, 0.1) is 30.1 Å². The fourth-order valence-corrected chi connectivity index (χ4v) is 9.45. The molecular formula is C43H51N5O11S. The number of methoxy groups -OCH3 is 1. The molecule has 3 fully saturated rings. The van der Waals surface area contributed by atoms with Gasteiger partial charge in [0.1, 0.15) is 40.8 Å². The molecule has 3 aromatic rings. The second kappa shape index (κ2) is 16.1. The number of amides is 4. The van der Waals surface area contributed by atoms with Gasteiger partial charge in [-0.25, -0.2) is 18.2 Å². The van der Waals surface area contributed by atoms with Crippen LogP contribution in [0.3, 0.4) is 0 Å². The van der Waals surface area contributed by atoms with E-state index >= 15 is 0 Å². The van der Waals surface area contributed by atoms with Crippen molar-refractivity contribution < 1.29 is 51.3 Å². The molecule has 5 atom stereocenters. The van der Waals surface area contributed by atoms with Crippen LogP contribution in [-0.2, 0) is 29.1 Å². The Hall–Kier alpha value is -5.58. The lowest BCUT2D eigenvalue weighted by Crippen LogP contribution is -2.58. The number of pyridine rings is 1. The molecule has 2 saturated carbocycles. The van der Waals surface area contributed by atoms with Gasteiger partial charge in [0, 0.05) is 35.4 Å². The van der Waals surface area contributed by atoms with E-state index in [0.717, 1.165) is 18.4 Å². The van der Waals surface area contributed by atoms with Gasteiger partial charge in [-0.15, -0.1) is 0 Å². The van der Waals surface area contributed by atoms with E-state index in [1.165, 1.54) is 4.90 Å². The first kappa shape index (κ1) is 41.2. The molecule has 0 spiro atoms. The molecule has 2 aromatic carbocycles. The van der Waals surface area contributed by atoms with Crippen LogP contribution in [0.1, 0.15) is 78.6 Å². The van der Waals surface area contributed by atoms with Crippen LogP contribution in [0.25, 0.3) is 22.2 Å². The number of carbonyl (C=O) groups excluding carboxylic acids is 4. The number of aromatic nitrogens is 1. The molecule has 0 unspecified atom stereocenters. The third kappa shape index (κ3) is 8.81. The summed E-state index contributed by atoms with van der Waals surface area (Å²) in [4.78, 5) is 62.6. The maximum Gasteiger partial charge on any atom is 0.408 e. The van der Waals surface area contributed by atoms with Crippen molar-refractivity contribution in [1.29, 1.82) is 0 Å². The number of benzene rings is 2. The van der Waals surface area contributed by atoms with Gasteiger partial charge >= 0.3 is 6.09 Å². The molecule has 17 heteroatoms. The number of alkyl carbamates (subject to hydrolysis) is 1. The van der Waals surface area contributed by atoms with Crippen molar-refractivity contribution in [1.82, 2.24) is 25.2 Å². The van der Waals surface area contributed by atoms with Gasteiger partial charge in [0.25, 0.3) is 5.91 Å². The predicted molar refractivity (Wildman–Crippen MR) is 219 cm³/mol. The SMILES string of the molecule is COc1ccc2c(O[C@@H]3C[C@H]4C(=O)N[C@]5(C(=O)NS(=O)(=O)C6CC6)C[C@H]5C=CCCCCC[C@H](NC(=O)OC(C)(C)C)C(=O)N4C3)cc(-c3ccc4c(c3)OCO4)nc2c1. The molecule has 3 aliphatic heterocycles. The van der Waals surface area contributed by atoms with E-state index in [2.05, 4.69) is 15.4 Å². The molecule has 1 saturated heterocycles. The molecule has 3 N–H and O–H groups in total. The summed E-state index contributed by atoms with van der Waals surface area (Å²) in [6.07, 6.45) is 6.55. The van der Waals surface area contributed by atoms with Crippen LogP contribution < -0.4 is 34.3 Å². The average Bonchev–Trinajstić information content (AvgIpc) is 4.08. The van der Waals surface area contributed by atoms with Gasteiger partial charge in [-0.05, 0) is 89.6 Å². The summed E-state index contributed by atoms with van der Waals surface area (Å²) in [6.45, 7) is 5.25. The molecule has 8 rings (SSSR count). The number of fused-ring (bicyclic) bond motifs is 4. The van der Waals surface area contributed by atoms with Gasteiger partial charge in [0.2, 0.25) is 28.6 Å². The first-order chi connectivity index (χ1) is 28.6. The third-order valence-corrected chi connectivity index (χ3v) is 13.3. The summed E-state index contributed by atoms with van der Waals surface area (Å²) in [6, 6.07) is 10.5. The van der Waals surface area contributed by atoms with Crippen molar-refractivity contribution in [2.45, 2.75) is 113 Å². The highest BCUT2D eigenvalue weighted by molar-refractivity contribution is 7.91. The monoisotopic (exact) mass is 845 g/mol. The number of ether oxygens (including phenoxy) is 5. The molecule has 4 amide bonds. The van der Waals surface area contributed by atoms with E-state index in [1.807, 2.05) is 30.4 Å². The molecule has 2 aliphatic carbocycles. The van der Waals surface area contributed by atoms with E-state index in [0.29, 0.717) is 71.7 Å². The fraction of sp³-hybridized carbons (Fsp3) is 0.512. The van der Waals surface area contributed by atoms with Crippen LogP contribution in [0.2, 0.25) is 0 Å². The number of hydrogen-bond donors (Lipinski definition) is 3. The van der Waals surface area contributed by atoms with Gasteiger partial charge < -0.3 is 39.2 Å². The number of carbonyl (C=O) groups is 4. The fourth-order valence-electron chi connectivity index (χ4n) is 8.08. The Balaban J connectivity index is 1.13. The van der Waals surface area contributed by atoms with Crippen molar-refractivity contribution in [3.63, 3.8) is 0 Å². The Kier molecular flexibility index (Phi) is 11.1. The summed E-state index contributed by atoms with van der Waals surface area (Å²) < 4.78 is 57.0. The molecule has 1 aromatic heterocycles. The second-order valence-corrected chi connectivity index (χ2v) is 19.1. The van der Waals surface area contributed by atoms with Crippen LogP contribution >= 0.6 is 0 Å². The number of sulfonamides is 1. The van der Waals surface area contributed by atoms with Gasteiger partial charge in [-0.1, -0.05) is 25.0 Å². The minimum atomic E-state index is -3.92. The van der Waals surface area contributed by atoms with Crippen LogP contribution in [0.5, 0.6) is 23.0 Å². The highest BCUT2D eigenvalue weighted by Gasteiger charge is 2.62. The number of rotatable bonds is 8. The first-order valence-corrected chi connectivity index (χ1v) is 22.1. The summed E-state index contributed by atoms with van der Waals surface area (Å²) in [7, 11) is -2.36. The van der Waals surface area contributed by atoms with Crippen LogP contribution in [0.4, 0.5) is 4.79 Å². The second-order valence-electron chi connectivity index (χ2n) is 17.2. The summed E-state index contributed by atoms with van der Waals surface area (Å²) in [5.41, 5.74) is -0.483. The smallest absolute Gasteiger partial charge is 0.408 e. The standard InChI is InChI=1S/C43H51N5O11S/c1-42(2,3)59-41(52)45-31-11-9-7-5-6-8-10-26-22-43(26,40(51)47-60(53,54)29-14-15-29)46-38(49)34-20-28(23-48(34)39(31)50)58-36-21-32(25-12-17-35-37(18-25)57-24-56-35)44-33-19-27(55-4)13-16-30(33)36/h8,10,12-13,16-19,21,26,28-29,31,34H,5-7,9,11,14-15,20,22-24H2,1-4H3,(H,45,52)(H,46,49)(H,47,51)/t26-,28-,31+,34+,43-/m1/s1. The number of hydrogen-bond acceptors (Lipinski definition) is 12. The maximum atomic E-state index is 14.7. The quantitative estimate of drug-likeness (QED) is 0.260. The van der Waals surface area contributed by atoms with E-state index in [-0.39, 0.29) is 26.2 Å². The van der Waals surface area contributed by atoms with Crippen molar-refractivity contribution in [3.05, 3.63) is 54.6 Å². The highest BCUT2D eigenvalue weighted by Crippen LogP contribution is 2.46. The maximum absolute atomic E-state index is 14.7. The Morgan fingerprint density at radius 3 is 2.57 bits per heavy atom. The third-order valence-electron chi connectivity index (χ3n) is 11.5. The minimum Gasteiger partial charge on any atom is -0.497 e. The van der Waals surface area contributed by atoms with Crippen LogP contribution in [-0.4, -0.2) is 97.1 Å². The first-order valence-electron chi connectivity index (χ1n) is 20.5. The normalized spacial score (nSPS) is 25.6. The summed E-state index contributed by atoms with van der Waals surface area (Å²) >= 11 is 0. The van der Waals surface area contributed by atoms with E-state index in [9.17, 15) is 27.6 Å². The minimum absolute atomic E-state index is 0.0225. The lowest BCUT2D eigenvalue weighted by atomic mass is 10.0. The van der Waals surface area contributed by atoms with Crippen molar-refractivity contribution >= 4 is 44.7 Å². The molecule has 60 heavy (non-hydrogen) atoms. The molecule has 16 nitrogen and oxygen atoms in total. The zero-order valence-corrected chi connectivity index (χ0v) is 35.0. The van der Waals surface area contributed by atoms with Crippen LogP contribution in [0.15, 0.2) is 54.6 Å². The molecular weight excluding hydrogens is 795 g/mol. The molecule has 320 valence electrons. The predicted octanol–water partition coefficient (Wildman–Crippen LogP) is 4.88. The van der Waals surface area contributed by atoms with Crippen molar-refractivity contribution in [2.75, 3.05) is 20.4 Å². The van der Waals surface area contributed by atoms with Crippen molar-refractivity contribution in [2.24, 2.45) is 5.92 Å². The van der Waals surface area contributed by atoms with Crippen molar-refractivity contribution in [3.8, 4) is 34.3 Å². The Morgan fingerprint density at radius 2 is 1.80 bits per heavy atom. The lowest BCUT2D eigenvalue weighted by Gasteiger charge is -2.30. The molecule has 5 aliphatic rings. The zero-order valence-electron chi connectivity index (χ0n) is 34.2. The number of nitrogens with zero attached hydrogens (tertiary/aromatic N) is 2. The molecule has 0 bridgehead atoms. The van der Waals surface area contributed by atoms with Gasteiger partial charge in [-0.2, -0.15) is 0 Å². The summed E-state index contributed by atoms with van der Waals surface area (Å²) in [5.74, 6) is -0.184. The Morgan fingerprint density at radius 1 is 1.00 bits per heavy atom. The number of nitrogens with one attached hydrogen (secondary N) is 3. The topological polar surface area (TPSA) is 201 Å². The largest absolute Gasteiger partial charge is 0.497 e. The van der Waals surface area contributed by atoms with E-state index in [1.54, 1.807) is 52.1 Å². The molecule has 0 radical (unpaired) electrons. The van der Waals surface area contributed by atoms with Gasteiger partial charge in [0.15, 0.2) is 11.5 Å². The van der Waals surface area contributed by atoms with Crippen LogP contribution in [0, 0.1) is 5.92 Å². The summed E-state index contributed by atoms with van der Waals surface area (Å²) in [5, 5.41) is 5.68. The Bertz CT molecular complexity index is 2340.